The van der Waals surface area contributed by atoms with Crippen LogP contribution in [-0.2, 0) is 17.7 Å². The molecule has 0 fully saturated rings. The number of unbranched alkanes of at least 4 members (excludes halogenated alkanes) is 1. The topological polar surface area (TPSA) is 85.0 Å². The van der Waals surface area contributed by atoms with Crippen LogP contribution in [0.5, 0.6) is 0 Å². The molecule has 0 radical (unpaired) electrons. The zero-order chi connectivity index (χ0) is 24.1. The van der Waals surface area contributed by atoms with Gasteiger partial charge < -0.3 is 14.7 Å². The molecule has 0 saturated carbocycles. The number of para-hydroxylation sites is 1. The average molecular weight is 454 g/mol. The highest BCUT2D eigenvalue weighted by Gasteiger charge is 2.19. The molecule has 0 amide bonds. The number of rotatable bonds is 9. The molecule has 1 aromatic heterocycles. The first-order valence-corrected chi connectivity index (χ1v) is 11.4. The number of esters is 1. The van der Waals surface area contributed by atoms with Gasteiger partial charge in [-0.1, -0.05) is 67.9 Å². The molecule has 6 heteroatoms. The number of nitrogens with one attached hydrogen (secondary N) is 1. The van der Waals surface area contributed by atoms with Gasteiger partial charge in [-0.2, -0.15) is 0 Å². The van der Waals surface area contributed by atoms with Crippen molar-refractivity contribution in [1.82, 2.24) is 9.55 Å². The molecule has 3 aromatic carbocycles. The Morgan fingerprint density at radius 1 is 1.00 bits per heavy atom. The number of carbonyl (C=O) groups is 2. The van der Waals surface area contributed by atoms with Crippen molar-refractivity contribution in [3.05, 3.63) is 89.2 Å². The molecule has 0 aliphatic carbocycles. The summed E-state index contributed by atoms with van der Waals surface area (Å²) in [4.78, 5) is 29.4. The number of imidazole rings is 1. The average Bonchev–Trinajstić information content (AvgIpc) is 3.24. The number of aromatic nitrogens is 2. The smallest absolute Gasteiger partial charge is 0.340 e. The van der Waals surface area contributed by atoms with Gasteiger partial charge in [0.05, 0.1) is 29.9 Å². The minimum atomic E-state index is -0.378. The van der Waals surface area contributed by atoms with Crippen LogP contribution in [0.4, 0.5) is 0 Å². The Morgan fingerprint density at radius 3 is 2.44 bits per heavy atom. The predicted octanol–water partition coefficient (Wildman–Crippen LogP) is 5.71. The van der Waals surface area contributed by atoms with E-state index in [1.54, 1.807) is 18.2 Å². The Kier molecular flexibility index (Phi) is 6.97. The quantitative estimate of drug-likeness (QED) is 0.200. The number of benzene rings is 3. The van der Waals surface area contributed by atoms with Gasteiger partial charge in [-0.3, -0.25) is 4.79 Å². The zero-order valence-electron chi connectivity index (χ0n) is 19.4. The van der Waals surface area contributed by atoms with Crippen molar-refractivity contribution >= 4 is 29.0 Å². The standard InChI is InChI=1S/C28H27N3O3/c1-3-4-12-26-30-24-11-7-10-23(28(33)34-2)27(24)31(26)18-19-13-15-20(16-14-19)21-8-5-6-9-22(21)25(32)17-29/h5-11,13-17,29H,3-4,12,18H2,1-2H3. The maximum atomic E-state index is 12.5. The van der Waals surface area contributed by atoms with E-state index < -0.39 is 0 Å². The number of ketones is 1. The fourth-order valence-corrected chi connectivity index (χ4v) is 4.20. The molecule has 1 N–H and O–H groups in total. The van der Waals surface area contributed by atoms with E-state index in [4.69, 9.17) is 15.1 Å². The molecule has 0 aliphatic heterocycles. The number of carbonyl (C=O) groups excluding carboxylic acids is 2. The normalized spacial score (nSPS) is 10.9. The molecular formula is C28H27N3O3. The monoisotopic (exact) mass is 453 g/mol. The Morgan fingerprint density at radius 2 is 1.74 bits per heavy atom. The number of aryl methyl sites for hydroxylation is 1. The van der Waals surface area contributed by atoms with Crippen LogP contribution < -0.4 is 0 Å². The summed E-state index contributed by atoms with van der Waals surface area (Å²) in [5.41, 5.74) is 5.34. The van der Waals surface area contributed by atoms with Crippen LogP contribution in [0, 0.1) is 5.41 Å². The lowest BCUT2D eigenvalue weighted by atomic mass is 9.96. The summed E-state index contributed by atoms with van der Waals surface area (Å²) in [5.74, 6) is 0.247. The van der Waals surface area contributed by atoms with E-state index in [1.165, 1.54) is 7.11 Å². The molecule has 0 unspecified atom stereocenters. The van der Waals surface area contributed by atoms with Crippen molar-refractivity contribution in [2.45, 2.75) is 32.7 Å². The Labute approximate surface area is 198 Å². The van der Waals surface area contributed by atoms with Gasteiger partial charge in [0.1, 0.15) is 5.82 Å². The number of Topliss-reactive ketones (excluding diaryl/α,β-unsaturated/α-hetero) is 1. The Balaban J connectivity index is 1.74. The molecule has 34 heavy (non-hydrogen) atoms. The molecular weight excluding hydrogens is 426 g/mol. The van der Waals surface area contributed by atoms with Gasteiger partial charge in [-0.05, 0) is 35.2 Å². The highest BCUT2D eigenvalue weighted by atomic mass is 16.5. The van der Waals surface area contributed by atoms with E-state index in [2.05, 4.69) is 11.5 Å². The van der Waals surface area contributed by atoms with Crippen LogP contribution in [0.3, 0.4) is 0 Å². The van der Waals surface area contributed by atoms with Crippen LogP contribution in [0.15, 0.2) is 66.7 Å². The second-order valence-corrected chi connectivity index (χ2v) is 8.13. The number of hydrogen-bond acceptors (Lipinski definition) is 5. The number of nitrogens with zero attached hydrogens (tertiary/aromatic N) is 2. The largest absolute Gasteiger partial charge is 0.465 e. The number of ether oxygens (including phenoxy) is 1. The van der Waals surface area contributed by atoms with Crippen molar-refractivity contribution in [2.75, 3.05) is 7.11 Å². The van der Waals surface area contributed by atoms with E-state index in [1.807, 2.05) is 48.5 Å². The molecule has 0 saturated heterocycles. The fraction of sp³-hybridized carbons (Fsp3) is 0.214. The molecule has 0 aliphatic rings. The molecule has 1 heterocycles. The maximum absolute atomic E-state index is 12.5. The SMILES string of the molecule is CCCCc1nc2cccc(C(=O)OC)c2n1Cc1ccc(-c2ccccc2C(=O)C=N)cc1. The van der Waals surface area contributed by atoms with Crippen LogP contribution in [-0.4, -0.2) is 34.6 Å². The van der Waals surface area contributed by atoms with Crippen molar-refractivity contribution in [2.24, 2.45) is 0 Å². The molecule has 0 bridgehead atoms. The van der Waals surface area contributed by atoms with Crippen LogP contribution >= 0.6 is 0 Å². The predicted molar refractivity (Wildman–Crippen MR) is 134 cm³/mol. The van der Waals surface area contributed by atoms with E-state index in [0.717, 1.165) is 59.0 Å². The summed E-state index contributed by atoms with van der Waals surface area (Å²) in [7, 11) is 1.39. The van der Waals surface area contributed by atoms with Gasteiger partial charge in [-0.25, -0.2) is 9.78 Å². The van der Waals surface area contributed by atoms with Crippen molar-refractivity contribution in [3.63, 3.8) is 0 Å². The van der Waals surface area contributed by atoms with Gasteiger partial charge >= 0.3 is 5.97 Å². The molecule has 0 spiro atoms. The number of methoxy groups -OCH3 is 1. The third kappa shape index (κ3) is 4.53. The summed E-state index contributed by atoms with van der Waals surface area (Å²) >= 11 is 0. The third-order valence-electron chi connectivity index (χ3n) is 5.93. The van der Waals surface area contributed by atoms with E-state index in [9.17, 15) is 9.59 Å². The first-order valence-electron chi connectivity index (χ1n) is 11.4. The van der Waals surface area contributed by atoms with Crippen molar-refractivity contribution < 1.29 is 14.3 Å². The number of fused-ring (bicyclic) bond motifs is 1. The molecule has 4 rings (SSSR count). The van der Waals surface area contributed by atoms with E-state index in [-0.39, 0.29) is 11.8 Å². The van der Waals surface area contributed by atoms with Gasteiger partial charge in [0, 0.05) is 18.5 Å². The van der Waals surface area contributed by atoms with Gasteiger partial charge in [0.15, 0.2) is 0 Å². The second kappa shape index (κ2) is 10.3. The summed E-state index contributed by atoms with van der Waals surface area (Å²) in [6, 6.07) is 20.9. The summed E-state index contributed by atoms with van der Waals surface area (Å²) in [5, 5.41) is 7.33. The zero-order valence-corrected chi connectivity index (χ0v) is 19.4. The highest BCUT2D eigenvalue weighted by Crippen LogP contribution is 2.27. The number of hydrogen-bond donors (Lipinski definition) is 1. The molecule has 172 valence electrons. The molecule has 4 aromatic rings. The first-order chi connectivity index (χ1) is 16.6. The van der Waals surface area contributed by atoms with Crippen LogP contribution in [0.2, 0.25) is 0 Å². The lowest BCUT2D eigenvalue weighted by molar-refractivity contribution is 0.0602. The van der Waals surface area contributed by atoms with Gasteiger partial charge in [0.2, 0.25) is 5.78 Å². The van der Waals surface area contributed by atoms with Crippen molar-refractivity contribution in [1.29, 1.82) is 5.41 Å². The fourth-order valence-electron chi connectivity index (χ4n) is 4.20. The minimum absolute atomic E-state index is 0.319. The maximum Gasteiger partial charge on any atom is 0.340 e. The van der Waals surface area contributed by atoms with E-state index in [0.29, 0.717) is 17.7 Å². The lowest BCUT2D eigenvalue weighted by Crippen LogP contribution is -2.09. The lowest BCUT2D eigenvalue weighted by Gasteiger charge is -2.13. The van der Waals surface area contributed by atoms with Crippen molar-refractivity contribution in [3.8, 4) is 11.1 Å². The minimum Gasteiger partial charge on any atom is -0.465 e. The Bertz CT molecular complexity index is 1350. The Hall–Kier alpha value is -4.06. The van der Waals surface area contributed by atoms with Gasteiger partial charge in [-0.15, -0.1) is 0 Å². The van der Waals surface area contributed by atoms with Gasteiger partial charge in [0.25, 0.3) is 0 Å². The second-order valence-electron chi connectivity index (χ2n) is 8.13. The molecule has 0 atom stereocenters. The third-order valence-corrected chi connectivity index (χ3v) is 5.93. The van der Waals surface area contributed by atoms with E-state index >= 15 is 0 Å². The summed E-state index contributed by atoms with van der Waals surface area (Å²) in [6.45, 7) is 2.71. The summed E-state index contributed by atoms with van der Waals surface area (Å²) < 4.78 is 7.13. The first kappa shape index (κ1) is 23.1. The van der Waals surface area contributed by atoms with Crippen LogP contribution in [0.25, 0.3) is 22.2 Å². The summed E-state index contributed by atoms with van der Waals surface area (Å²) in [6.07, 6.45) is 3.72. The van der Waals surface area contributed by atoms with Crippen LogP contribution in [0.1, 0.15) is 51.9 Å². The molecule has 6 nitrogen and oxygen atoms in total. The highest BCUT2D eigenvalue weighted by molar-refractivity contribution is 6.35.